The Morgan fingerprint density at radius 2 is 1.46 bits per heavy atom. The van der Waals surface area contributed by atoms with E-state index < -0.39 is 24.1 Å². The van der Waals surface area contributed by atoms with Crippen molar-refractivity contribution in [2.24, 2.45) is 0 Å². The van der Waals surface area contributed by atoms with E-state index in [-0.39, 0.29) is 23.5 Å². The fourth-order valence-electron chi connectivity index (χ4n) is 5.93. The molecule has 2 saturated heterocycles. The lowest BCUT2D eigenvalue weighted by molar-refractivity contribution is -0.137. The van der Waals surface area contributed by atoms with E-state index in [4.69, 9.17) is 34.8 Å². The minimum atomic E-state index is -4.35. The highest BCUT2D eigenvalue weighted by Crippen LogP contribution is 2.35. The average Bonchev–Trinajstić information content (AvgIpc) is 2.95. The number of hydrogen-bond donors (Lipinski definition) is 4. The predicted octanol–water partition coefficient (Wildman–Crippen LogP) is 4.95. The van der Waals surface area contributed by atoms with Gasteiger partial charge in [-0.1, -0.05) is 12.1 Å². The van der Waals surface area contributed by atoms with Crippen molar-refractivity contribution in [1.29, 1.82) is 0 Å². The molecule has 4 N–H and O–H groups in total. The first kappa shape index (κ1) is 38.2. The average molecular weight is 658 g/mol. The summed E-state index contributed by atoms with van der Waals surface area (Å²) in [5, 5.41) is 27.9. The zero-order valence-electron chi connectivity index (χ0n) is 26.5. The molecular formula is C30H42F3N5O8. The summed E-state index contributed by atoms with van der Waals surface area (Å²) in [6, 6.07) is 5.52. The number of carbonyl (C=O) groups excluding carboxylic acids is 1. The van der Waals surface area contributed by atoms with Gasteiger partial charge in [-0.25, -0.2) is 19.6 Å². The van der Waals surface area contributed by atoms with E-state index in [0.717, 1.165) is 50.2 Å². The second-order valence-corrected chi connectivity index (χ2v) is 11.4. The Hall–Kier alpha value is -4.02. The molecule has 1 aromatic carbocycles. The maximum Gasteiger partial charge on any atom is 0.503 e. The summed E-state index contributed by atoms with van der Waals surface area (Å²) >= 11 is 0. The molecule has 0 spiro atoms. The van der Waals surface area contributed by atoms with Crippen LogP contribution in [0, 0.1) is 13.8 Å². The van der Waals surface area contributed by atoms with Crippen LogP contribution in [0.2, 0.25) is 0 Å². The van der Waals surface area contributed by atoms with Gasteiger partial charge in [-0.15, -0.1) is 0 Å². The lowest BCUT2D eigenvalue weighted by Crippen LogP contribution is -2.62. The molecule has 0 radical (unpaired) electrons. The number of carboxylic acid groups (broad SMARTS) is 4. The van der Waals surface area contributed by atoms with E-state index in [1.165, 1.54) is 6.33 Å². The molecule has 2 aliphatic heterocycles. The van der Waals surface area contributed by atoms with Crippen LogP contribution in [0.25, 0.3) is 0 Å². The minimum Gasteiger partial charge on any atom is -0.450 e. The zero-order valence-corrected chi connectivity index (χ0v) is 26.5. The topological polar surface area (TPSA) is 177 Å². The molecule has 256 valence electrons. The van der Waals surface area contributed by atoms with Crippen LogP contribution >= 0.6 is 0 Å². The fraction of sp³-hybridized carbons (Fsp3) is 0.567. The van der Waals surface area contributed by atoms with Crippen LogP contribution in [0.5, 0.6) is 0 Å². The van der Waals surface area contributed by atoms with Gasteiger partial charge in [0.2, 0.25) is 0 Å². The van der Waals surface area contributed by atoms with E-state index in [9.17, 15) is 18.0 Å². The Kier molecular flexibility index (Phi) is 13.7. The molecule has 0 saturated carbocycles. The van der Waals surface area contributed by atoms with Gasteiger partial charge in [-0.3, -0.25) is 14.6 Å². The van der Waals surface area contributed by atoms with Gasteiger partial charge in [0.05, 0.1) is 35.2 Å². The number of piperidine rings is 1. The summed E-state index contributed by atoms with van der Waals surface area (Å²) in [6.07, 6.45) is -4.78. The molecular weight excluding hydrogens is 615 g/mol. The molecule has 13 nitrogen and oxygen atoms in total. The van der Waals surface area contributed by atoms with Crippen molar-refractivity contribution < 1.29 is 52.7 Å². The number of methoxy groups -OCH3 is 1. The Bertz CT molecular complexity index is 1280. The first-order valence-corrected chi connectivity index (χ1v) is 14.5. The van der Waals surface area contributed by atoms with Crippen molar-refractivity contribution in [2.45, 2.75) is 64.3 Å². The molecule has 2 atom stereocenters. The van der Waals surface area contributed by atoms with Gasteiger partial charge >= 0.3 is 18.5 Å². The quantitative estimate of drug-likeness (QED) is 0.329. The van der Waals surface area contributed by atoms with E-state index in [1.54, 1.807) is 19.2 Å². The number of ether oxygens (including phenoxy) is 1. The largest absolute Gasteiger partial charge is 0.503 e. The molecule has 46 heavy (non-hydrogen) atoms. The number of alkyl halides is 3. The SMILES string of the molecule is COC[C@@H](c1ccc(C(F)(F)F)cc1)N1CCN(C2(C)CCN(C(=O)c3c(C)ncnc3C)CC2)C[C@@H]1C.O=C(O)O.O=C(O)O. The summed E-state index contributed by atoms with van der Waals surface area (Å²) in [6.45, 7) is 12.4. The number of rotatable bonds is 6. The van der Waals surface area contributed by atoms with Gasteiger partial charge in [0.15, 0.2) is 0 Å². The van der Waals surface area contributed by atoms with Crippen molar-refractivity contribution in [1.82, 2.24) is 24.7 Å². The molecule has 4 rings (SSSR count). The van der Waals surface area contributed by atoms with E-state index in [0.29, 0.717) is 36.6 Å². The van der Waals surface area contributed by atoms with Crippen LogP contribution in [0.3, 0.4) is 0 Å². The second-order valence-electron chi connectivity index (χ2n) is 11.4. The lowest BCUT2D eigenvalue weighted by atomic mass is 9.86. The van der Waals surface area contributed by atoms with Crippen molar-refractivity contribution in [3.63, 3.8) is 0 Å². The zero-order chi connectivity index (χ0) is 34.8. The van der Waals surface area contributed by atoms with Crippen molar-refractivity contribution in [3.8, 4) is 0 Å². The smallest absolute Gasteiger partial charge is 0.450 e. The van der Waals surface area contributed by atoms with Crippen LogP contribution in [0.15, 0.2) is 30.6 Å². The molecule has 2 aromatic rings. The van der Waals surface area contributed by atoms with Crippen molar-refractivity contribution >= 4 is 18.2 Å². The molecule has 0 aliphatic carbocycles. The second kappa shape index (κ2) is 16.5. The maximum absolute atomic E-state index is 13.2. The third-order valence-electron chi connectivity index (χ3n) is 8.36. The number of hydrogen-bond acceptors (Lipinski definition) is 8. The summed E-state index contributed by atoms with van der Waals surface area (Å²) in [4.78, 5) is 45.5. The molecule has 2 fully saturated rings. The Morgan fingerprint density at radius 1 is 0.957 bits per heavy atom. The number of halogens is 3. The molecule has 0 unspecified atom stereocenters. The number of carbonyl (C=O) groups is 3. The van der Waals surface area contributed by atoms with Gasteiger partial charge in [0.25, 0.3) is 5.91 Å². The molecule has 1 amide bonds. The number of nitrogens with zero attached hydrogens (tertiary/aromatic N) is 5. The highest BCUT2D eigenvalue weighted by Gasteiger charge is 2.41. The number of piperazine rings is 1. The van der Waals surface area contributed by atoms with Crippen molar-refractivity contribution in [3.05, 3.63) is 58.7 Å². The van der Waals surface area contributed by atoms with Crippen LogP contribution < -0.4 is 0 Å². The highest BCUT2D eigenvalue weighted by atomic mass is 19.4. The van der Waals surface area contributed by atoms with Crippen LogP contribution in [-0.4, -0.2) is 121 Å². The molecule has 2 aliphatic rings. The van der Waals surface area contributed by atoms with Gasteiger partial charge in [0, 0.05) is 51.4 Å². The van der Waals surface area contributed by atoms with E-state index in [2.05, 4.69) is 33.6 Å². The van der Waals surface area contributed by atoms with Gasteiger partial charge < -0.3 is 30.1 Å². The summed E-state index contributed by atoms with van der Waals surface area (Å²) in [5.74, 6) is -0.000198. The van der Waals surface area contributed by atoms with Gasteiger partial charge in [-0.2, -0.15) is 13.2 Å². The highest BCUT2D eigenvalue weighted by molar-refractivity contribution is 5.96. The standard InChI is InChI=1S/C28H38F3N5O2.2CH2O3/c1-19-16-35(14-15-36(19)24(17-38-5)22-6-8-23(9-7-22)28(29,30)31)27(4)10-12-34(13-11-27)26(37)25-20(2)32-18-33-21(25)3;2*2-1(3)4/h6-9,18-19,24H,10-17H2,1-5H3;2*(H2,2,3,4)/t19-,24-;;/m0../s1. The predicted molar refractivity (Wildman–Crippen MR) is 160 cm³/mol. The third kappa shape index (κ3) is 10.5. The number of aromatic nitrogens is 2. The van der Waals surface area contributed by atoms with E-state index >= 15 is 0 Å². The Labute approximate surface area is 265 Å². The van der Waals surface area contributed by atoms with Crippen molar-refractivity contribution in [2.75, 3.05) is 46.4 Å². The number of benzene rings is 1. The van der Waals surface area contributed by atoms with Crippen LogP contribution in [-0.2, 0) is 10.9 Å². The monoisotopic (exact) mass is 657 g/mol. The maximum atomic E-state index is 13.2. The summed E-state index contributed by atoms with van der Waals surface area (Å²) < 4.78 is 44.7. The number of amides is 1. The Morgan fingerprint density at radius 3 is 1.89 bits per heavy atom. The van der Waals surface area contributed by atoms with E-state index in [1.807, 2.05) is 18.7 Å². The lowest BCUT2D eigenvalue weighted by Gasteiger charge is -2.52. The first-order chi connectivity index (χ1) is 21.4. The molecule has 3 heterocycles. The minimum absolute atomic E-state index is 0.000198. The van der Waals surface area contributed by atoms with Gasteiger partial charge in [0.1, 0.15) is 6.33 Å². The number of likely N-dealkylation sites (tertiary alicyclic amines) is 1. The number of aryl methyl sites for hydroxylation is 2. The van der Waals surface area contributed by atoms with Crippen LogP contribution in [0.4, 0.5) is 22.8 Å². The summed E-state index contributed by atoms with van der Waals surface area (Å²) in [7, 11) is 1.62. The molecule has 1 aromatic heterocycles. The normalized spacial score (nSPS) is 19.1. The Balaban J connectivity index is 0.000000825. The fourth-order valence-corrected chi connectivity index (χ4v) is 5.93. The third-order valence-corrected chi connectivity index (χ3v) is 8.36. The molecule has 16 heteroatoms. The molecule has 0 bridgehead atoms. The van der Waals surface area contributed by atoms with Gasteiger partial charge in [-0.05, 0) is 58.2 Å². The first-order valence-electron chi connectivity index (χ1n) is 14.5. The summed E-state index contributed by atoms with van der Waals surface area (Å²) in [5.41, 5.74) is 2.18. The van der Waals surface area contributed by atoms with Crippen LogP contribution in [0.1, 0.15) is 65.6 Å².